The molecule has 0 aromatic heterocycles. The average molecular weight is 312 g/mol. The number of fused-ring (bicyclic) bond motifs is 1. The number of carbonyl (C=O) groups is 2. The number of nitrogens with zero attached hydrogens (tertiary/aromatic N) is 1. The molecule has 0 fully saturated rings. The molecule has 2 aromatic carbocycles. The molecule has 1 aliphatic heterocycles. The van der Waals surface area contributed by atoms with Gasteiger partial charge in [-0.05, 0) is 42.7 Å². The molecule has 3 rings (SSSR count). The summed E-state index contributed by atoms with van der Waals surface area (Å²) in [6, 6.07) is 11.3. The van der Waals surface area contributed by atoms with Crippen LogP contribution in [0.5, 0.6) is 0 Å². The number of hydrogen-bond donors (Lipinski definition) is 1. The molecular formula is C18H17FN2O2. The molecule has 2 aromatic rings. The second-order valence-corrected chi connectivity index (χ2v) is 5.55. The Morgan fingerprint density at radius 3 is 2.70 bits per heavy atom. The first-order valence-electron chi connectivity index (χ1n) is 7.53. The highest BCUT2D eigenvalue weighted by atomic mass is 19.1. The van der Waals surface area contributed by atoms with Gasteiger partial charge >= 0.3 is 0 Å². The van der Waals surface area contributed by atoms with E-state index in [1.165, 1.54) is 25.1 Å². The SMILES string of the molecule is CC(=O)N1CCCc2ccc(NC(=O)c3ccccc3F)cc21. The molecule has 1 aliphatic rings. The monoisotopic (exact) mass is 312 g/mol. The zero-order valence-electron chi connectivity index (χ0n) is 12.8. The van der Waals surface area contributed by atoms with Crippen LogP contribution in [0, 0.1) is 5.82 Å². The highest BCUT2D eigenvalue weighted by Gasteiger charge is 2.20. The molecule has 1 N–H and O–H groups in total. The van der Waals surface area contributed by atoms with E-state index in [0.717, 1.165) is 24.1 Å². The van der Waals surface area contributed by atoms with Crippen molar-refractivity contribution in [3.8, 4) is 0 Å². The van der Waals surface area contributed by atoms with Crippen molar-refractivity contribution in [3.05, 3.63) is 59.4 Å². The first kappa shape index (κ1) is 15.2. The molecule has 0 radical (unpaired) electrons. The lowest BCUT2D eigenvalue weighted by atomic mass is 10.0. The van der Waals surface area contributed by atoms with Crippen molar-refractivity contribution < 1.29 is 14.0 Å². The van der Waals surface area contributed by atoms with Crippen molar-refractivity contribution >= 4 is 23.2 Å². The van der Waals surface area contributed by atoms with Crippen LogP contribution in [-0.4, -0.2) is 18.4 Å². The van der Waals surface area contributed by atoms with Crippen molar-refractivity contribution in [2.45, 2.75) is 19.8 Å². The molecular weight excluding hydrogens is 295 g/mol. The fraction of sp³-hybridized carbons (Fsp3) is 0.222. The van der Waals surface area contributed by atoms with Crippen molar-refractivity contribution in [1.29, 1.82) is 0 Å². The number of anilines is 2. The van der Waals surface area contributed by atoms with E-state index in [4.69, 9.17) is 0 Å². The van der Waals surface area contributed by atoms with Crippen LogP contribution in [0.3, 0.4) is 0 Å². The van der Waals surface area contributed by atoms with E-state index in [1.54, 1.807) is 23.1 Å². The van der Waals surface area contributed by atoms with E-state index in [0.29, 0.717) is 12.2 Å². The number of aryl methyl sites for hydroxylation is 1. The minimum absolute atomic E-state index is 0.00588. The topological polar surface area (TPSA) is 49.4 Å². The van der Waals surface area contributed by atoms with Gasteiger partial charge in [-0.3, -0.25) is 9.59 Å². The van der Waals surface area contributed by atoms with Crippen LogP contribution in [0.2, 0.25) is 0 Å². The third-order valence-corrected chi connectivity index (χ3v) is 3.96. The summed E-state index contributed by atoms with van der Waals surface area (Å²) in [5, 5.41) is 2.69. The smallest absolute Gasteiger partial charge is 0.258 e. The van der Waals surface area contributed by atoms with E-state index in [9.17, 15) is 14.0 Å². The van der Waals surface area contributed by atoms with Gasteiger partial charge in [-0.1, -0.05) is 18.2 Å². The molecule has 0 aliphatic carbocycles. The molecule has 5 heteroatoms. The molecule has 118 valence electrons. The highest BCUT2D eigenvalue weighted by molar-refractivity contribution is 6.05. The number of rotatable bonds is 2. The molecule has 23 heavy (non-hydrogen) atoms. The van der Waals surface area contributed by atoms with Crippen LogP contribution in [0.15, 0.2) is 42.5 Å². The number of nitrogens with one attached hydrogen (secondary N) is 1. The van der Waals surface area contributed by atoms with Crippen molar-refractivity contribution in [3.63, 3.8) is 0 Å². The summed E-state index contributed by atoms with van der Waals surface area (Å²) in [6.07, 6.45) is 1.83. The zero-order chi connectivity index (χ0) is 16.4. The quantitative estimate of drug-likeness (QED) is 0.924. The van der Waals surface area contributed by atoms with Crippen LogP contribution in [0.25, 0.3) is 0 Å². The lowest BCUT2D eigenvalue weighted by Gasteiger charge is -2.29. The summed E-state index contributed by atoms with van der Waals surface area (Å²) in [6.45, 7) is 2.20. The summed E-state index contributed by atoms with van der Waals surface area (Å²) >= 11 is 0. The van der Waals surface area contributed by atoms with Gasteiger partial charge in [0.15, 0.2) is 0 Å². The number of hydrogen-bond acceptors (Lipinski definition) is 2. The Morgan fingerprint density at radius 1 is 1.17 bits per heavy atom. The third kappa shape index (κ3) is 3.08. The number of carbonyl (C=O) groups excluding carboxylic acids is 2. The van der Waals surface area contributed by atoms with E-state index >= 15 is 0 Å². The maximum atomic E-state index is 13.7. The van der Waals surface area contributed by atoms with E-state index in [2.05, 4.69) is 5.32 Å². The van der Waals surface area contributed by atoms with E-state index < -0.39 is 11.7 Å². The second-order valence-electron chi connectivity index (χ2n) is 5.55. The Kier molecular flexibility index (Phi) is 4.10. The fourth-order valence-corrected chi connectivity index (χ4v) is 2.82. The Balaban J connectivity index is 1.87. The number of benzene rings is 2. The summed E-state index contributed by atoms with van der Waals surface area (Å²) < 4.78 is 13.7. The number of halogens is 1. The molecule has 0 bridgehead atoms. The lowest BCUT2D eigenvalue weighted by molar-refractivity contribution is -0.116. The summed E-state index contributed by atoms with van der Waals surface area (Å²) in [4.78, 5) is 25.6. The summed E-state index contributed by atoms with van der Waals surface area (Å²) in [5.41, 5.74) is 2.43. The average Bonchev–Trinajstić information content (AvgIpc) is 2.54. The number of amides is 2. The maximum absolute atomic E-state index is 13.7. The second kappa shape index (κ2) is 6.20. The van der Waals surface area contributed by atoms with Gasteiger partial charge in [0.25, 0.3) is 5.91 Å². The summed E-state index contributed by atoms with van der Waals surface area (Å²) in [5.74, 6) is -1.09. The Hall–Kier alpha value is -2.69. The molecule has 4 nitrogen and oxygen atoms in total. The fourth-order valence-electron chi connectivity index (χ4n) is 2.82. The first-order valence-corrected chi connectivity index (χ1v) is 7.53. The van der Waals surface area contributed by atoms with Gasteiger partial charge in [0.1, 0.15) is 5.82 Å². The largest absolute Gasteiger partial charge is 0.322 e. The Bertz CT molecular complexity index is 773. The standard InChI is InChI=1S/C18H17FN2O2/c1-12(22)21-10-4-5-13-8-9-14(11-17(13)21)20-18(23)15-6-2-3-7-16(15)19/h2-3,6-9,11H,4-5,10H2,1H3,(H,20,23). The van der Waals surface area contributed by atoms with Crippen molar-refractivity contribution in [2.24, 2.45) is 0 Å². The van der Waals surface area contributed by atoms with Gasteiger partial charge in [0, 0.05) is 24.8 Å². The molecule has 0 saturated heterocycles. The maximum Gasteiger partial charge on any atom is 0.258 e. The van der Waals surface area contributed by atoms with Gasteiger partial charge in [0.2, 0.25) is 5.91 Å². The Morgan fingerprint density at radius 2 is 1.96 bits per heavy atom. The van der Waals surface area contributed by atoms with Crippen LogP contribution in [0.4, 0.5) is 15.8 Å². The van der Waals surface area contributed by atoms with Crippen LogP contribution in [0.1, 0.15) is 29.3 Å². The van der Waals surface area contributed by atoms with Gasteiger partial charge in [-0.25, -0.2) is 4.39 Å². The molecule has 2 amide bonds. The van der Waals surface area contributed by atoms with E-state index in [-0.39, 0.29) is 11.5 Å². The van der Waals surface area contributed by atoms with Crippen LogP contribution >= 0.6 is 0 Å². The lowest BCUT2D eigenvalue weighted by Crippen LogP contribution is -2.33. The van der Waals surface area contributed by atoms with Gasteiger partial charge in [-0.15, -0.1) is 0 Å². The molecule has 0 unspecified atom stereocenters. The highest BCUT2D eigenvalue weighted by Crippen LogP contribution is 2.30. The van der Waals surface area contributed by atoms with Crippen LogP contribution in [-0.2, 0) is 11.2 Å². The minimum atomic E-state index is -0.562. The molecule has 0 atom stereocenters. The van der Waals surface area contributed by atoms with Crippen LogP contribution < -0.4 is 10.2 Å². The van der Waals surface area contributed by atoms with Crippen molar-refractivity contribution in [1.82, 2.24) is 0 Å². The molecule has 0 spiro atoms. The normalized spacial score (nSPS) is 13.4. The summed E-state index contributed by atoms with van der Waals surface area (Å²) in [7, 11) is 0. The minimum Gasteiger partial charge on any atom is -0.322 e. The Labute approximate surface area is 133 Å². The zero-order valence-corrected chi connectivity index (χ0v) is 12.8. The molecule has 1 heterocycles. The third-order valence-electron chi connectivity index (χ3n) is 3.96. The van der Waals surface area contributed by atoms with E-state index in [1.807, 2.05) is 6.07 Å². The first-order chi connectivity index (χ1) is 11.1. The van der Waals surface area contributed by atoms with Crippen molar-refractivity contribution in [2.75, 3.05) is 16.8 Å². The predicted molar refractivity (Wildman–Crippen MR) is 87.1 cm³/mol. The van der Waals surface area contributed by atoms with Gasteiger partial charge < -0.3 is 10.2 Å². The van der Waals surface area contributed by atoms with Gasteiger partial charge in [-0.2, -0.15) is 0 Å². The van der Waals surface area contributed by atoms with Gasteiger partial charge in [0.05, 0.1) is 5.56 Å². The predicted octanol–water partition coefficient (Wildman–Crippen LogP) is 3.38. The molecule has 0 saturated carbocycles.